The Bertz CT molecular complexity index is 1070. The van der Waals surface area contributed by atoms with Gasteiger partial charge in [0, 0.05) is 29.5 Å². The van der Waals surface area contributed by atoms with Gasteiger partial charge in [0.05, 0.1) is 20.5 Å². The molecule has 160 valence electrons. The third-order valence-electron chi connectivity index (χ3n) is 4.74. The van der Waals surface area contributed by atoms with Gasteiger partial charge in [-0.05, 0) is 47.5 Å². The van der Waals surface area contributed by atoms with Crippen LogP contribution in [-0.4, -0.2) is 27.2 Å². The van der Waals surface area contributed by atoms with Crippen molar-refractivity contribution < 1.29 is 19.0 Å². The Balaban J connectivity index is 1.84. The molecular weight excluding hydrogens is 414 g/mol. The number of benzene rings is 3. The van der Waals surface area contributed by atoms with Crippen LogP contribution < -0.4 is 9.64 Å². The average Bonchev–Trinajstić information content (AvgIpc) is 2.81. The topological polar surface area (TPSA) is 48.0 Å². The smallest absolute Gasteiger partial charge is 0.341 e. The van der Waals surface area contributed by atoms with E-state index in [1.807, 2.05) is 61.6 Å². The summed E-state index contributed by atoms with van der Waals surface area (Å²) < 4.78 is 16.0. The van der Waals surface area contributed by atoms with Crippen LogP contribution in [0.2, 0.25) is 5.02 Å². The SMILES string of the molecule is CO/C=C(/C(=O)OC)c1ccc(Cl)cc1COc1cccc(N(C)c2ccccc2)c1. The van der Waals surface area contributed by atoms with Crippen LogP contribution in [0.15, 0.2) is 79.1 Å². The minimum atomic E-state index is -0.503. The molecule has 0 saturated heterocycles. The predicted octanol–water partition coefficient (Wildman–Crippen LogP) is 5.85. The van der Waals surface area contributed by atoms with Crippen molar-refractivity contribution in [2.75, 3.05) is 26.2 Å². The minimum absolute atomic E-state index is 0.215. The fraction of sp³-hybridized carbons (Fsp3) is 0.160. The van der Waals surface area contributed by atoms with Crippen LogP contribution in [0.25, 0.3) is 5.57 Å². The summed E-state index contributed by atoms with van der Waals surface area (Å²) in [4.78, 5) is 14.3. The van der Waals surface area contributed by atoms with E-state index >= 15 is 0 Å². The second-order valence-corrected chi connectivity index (χ2v) is 7.18. The Morgan fingerprint density at radius 1 is 0.968 bits per heavy atom. The first kappa shape index (κ1) is 22.2. The van der Waals surface area contributed by atoms with Crippen LogP contribution in [0.5, 0.6) is 5.75 Å². The highest BCUT2D eigenvalue weighted by Gasteiger charge is 2.18. The first-order chi connectivity index (χ1) is 15.0. The number of para-hydroxylation sites is 1. The van der Waals surface area contributed by atoms with Crippen molar-refractivity contribution >= 4 is 34.5 Å². The predicted molar refractivity (Wildman–Crippen MR) is 124 cm³/mol. The van der Waals surface area contributed by atoms with Crippen LogP contribution in [0.3, 0.4) is 0 Å². The zero-order valence-corrected chi connectivity index (χ0v) is 18.4. The van der Waals surface area contributed by atoms with E-state index in [0.717, 1.165) is 16.9 Å². The highest BCUT2D eigenvalue weighted by atomic mass is 35.5. The van der Waals surface area contributed by atoms with E-state index in [-0.39, 0.29) is 12.2 Å². The Labute approximate surface area is 187 Å². The number of nitrogens with zero attached hydrogens (tertiary/aromatic N) is 1. The number of rotatable bonds is 8. The molecule has 3 aromatic rings. The van der Waals surface area contributed by atoms with Gasteiger partial charge in [-0.1, -0.05) is 41.9 Å². The van der Waals surface area contributed by atoms with E-state index in [2.05, 4.69) is 4.90 Å². The Morgan fingerprint density at radius 3 is 2.42 bits per heavy atom. The summed E-state index contributed by atoms with van der Waals surface area (Å²) in [5.41, 5.74) is 3.73. The molecule has 0 aliphatic carbocycles. The first-order valence-corrected chi connectivity index (χ1v) is 10.0. The van der Waals surface area contributed by atoms with E-state index in [1.165, 1.54) is 20.5 Å². The summed E-state index contributed by atoms with van der Waals surface area (Å²) in [6.45, 7) is 0.215. The van der Waals surface area contributed by atoms with Crippen LogP contribution in [-0.2, 0) is 20.9 Å². The maximum atomic E-state index is 12.2. The number of halogens is 1. The zero-order chi connectivity index (χ0) is 22.2. The molecule has 3 rings (SSSR count). The van der Waals surface area contributed by atoms with Gasteiger partial charge in [0.25, 0.3) is 0 Å². The minimum Gasteiger partial charge on any atom is -0.503 e. The Kier molecular flexibility index (Phi) is 7.57. The molecule has 0 atom stereocenters. The standard InChI is InChI=1S/C25H24ClNO4/c1-27(20-8-5-4-6-9-20)21-10-7-11-22(15-21)31-16-18-14-19(26)12-13-23(18)24(17-29-2)25(28)30-3/h4-15,17H,16H2,1-3H3/b24-17+. The van der Waals surface area contributed by atoms with Gasteiger partial charge in [0.2, 0.25) is 0 Å². The van der Waals surface area contributed by atoms with Crippen molar-refractivity contribution in [2.24, 2.45) is 0 Å². The third kappa shape index (κ3) is 5.58. The first-order valence-electron chi connectivity index (χ1n) is 9.65. The van der Waals surface area contributed by atoms with Crippen LogP contribution in [0.4, 0.5) is 11.4 Å². The van der Waals surface area contributed by atoms with Crippen LogP contribution in [0.1, 0.15) is 11.1 Å². The third-order valence-corrected chi connectivity index (χ3v) is 4.98. The quantitative estimate of drug-likeness (QED) is 0.251. The number of esters is 1. The van der Waals surface area contributed by atoms with Gasteiger partial charge < -0.3 is 19.1 Å². The lowest BCUT2D eigenvalue weighted by molar-refractivity contribution is -0.133. The lowest BCUT2D eigenvalue weighted by Gasteiger charge is -2.20. The van der Waals surface area contributed by atoms with Gasteiger partial charge in [-0.15, -0.1) is 0 Å². The maximum absolute atomic E-state index is 12.2. The van der Waals surface area contributed by atoms with Gasteiger partial charge in [-0.25, -0.2) is 4.79 Å². The number of carbonyl (C=O) groups is 1. The summed E-state index contributed by atoms with van der Waals surface area (Å²) in [6.07, 6.45) is 1.36. The molecule has 0 aliphatic rings. The molecule has 0 radical (unpaired) electrons. The highest BCUT2D eigenvalue weighted by Crippen LogP contribution is 2.29. The maximum Gasteiger partial charge on any atom is 0.341 e. The molecule has 0 spiro atoms. The molecule has 0 saturated carbocycles. The summed E-state index contributed by atoms with van der Waals surface area (Å²) in [7, 11) is 4.80. The molecule has 0 amide bonds. The van der Waals surface area contributed by atoms with Crippen molar-refractivity contribution in [1.29, 1.82) is 0 Å². The molecule has 0 heterocycles. The molecular formula is C25H24ClNO4. The lowest BCUT2D eigenvalue weighted by atomic mass is 10.0. The fourth-order valence-electron chi connectivity index (χ4n) is 3.14. The summed E-state index contributed by atoms with van der Waals surface area (Å²) in [5, 5.41) is 0.543. The molecule has 0 fully saturated rings. The molecule has 0 bridgehead atoms. The summed E-state index contributed by atoms with van der Waals surface area (Å²) in [6, 6.07) is 23.1. The lowest BCUT2D eigenvalue weighted by Crippen LogP contribution is -2.10. The number of ether oxygens (including phenoxy) is 3. The van der Waals surface area contributed by atoms with E-state index in [9.17, 15) is 4.79 Å². The van der Waals surface area contributed by atoms with Crippen LogP contribution >= 0.6 is 11.6 Å². The number of hydrogen-bond donors (Lipinski definition) is 0. The molecule has 0 unspecified atom stereocenters. The monoisotopic (exact) mass is 437 g/mol. The molecule has 31 heavy (non-hydrogen) atoms. The molecule has 3 aromatic carbocycles. The molecule has 6 heteroatoms. The normalized spacial score (nSPS) is 11.0. The average molecular weight is 438 g/mol. The molecule has 0 N–H and O–H groups in total. The van der Waals surface area contributed by atoms with Crippen LogP contribution in [0, 0.1) is 0 Å². The van der Waals surface area contributed by atoms with Crippen molar-refractivity contribution in [3.8, 4) is 5.75 Å². The van der Waals surface area contributed by atoms with Gasteiger partial charge >= 0.3 is 5.97 Å². The van der Waals surface area contributed by atoms with E-state index < -0.39 is 5.97 Å². The molecule has 0 aromatic heterocycles. The number of anilines is 2. The van der Waals surface area contributed by atoms with Gasteiger partial charge in [0.1, 0.15) is 17.9 Å². The Hall–Kier alpha value is -3.44. The number of methoxy groups -OCH3 is 2. The second kappa shape index (κ2) is 10.5. The largest absolute Gasteiger partial charge is 0.503 e. The van der Waals surface area contributed by atoms with E-state index in [4.69, 9.17) is 25.8 Å². The van der Waals surface area contributed by atoms with E-state index in [1.54, 1.807) is 18.2 Å². The van der Waals surface area contributed by atoms with Gasteiger partial charge in [-0.3, -0.25) is 0 Å². The molecule has 0 aliphatic heterocycles. The van der Waals surface area contributed by atoms with Crippen molar-refractivity contribution in [3.05, 3.63) is 95.2 Å². The summed E-state index contributed by atoms with van der Waals surface area (Å²) >= 11 is 6.20. The number of hydrogen-bond acceptors (Lipinski definition) is 5. The zero-order valence-electron chi connectivity index (χ0n) is 17.7. The van der Waals surface area contributed by atoms with Crippen molar-refractivity contribution in [1.82, 2.24) is 0 Å². The van der Waals surface area contributed by atoms with Gasteiger partial charge in [-0.2, -0.15) is 0 Å². The second-order valence-electron chi connectivity index (χ2n) is 6.74. The fourth-order valence-corrected chi connectivity index (χ4v) is 3.33. The summed E-state index contributed by atoms with van der Waals surface area (Å²) in [5.74, 6) is 0.193. The number of carbonyl (C=O) groups excluding carboxylic acids is 1. The van der Waals surface area contributed by atoms with E-state index in [0.29, 0.717) is 16.3 Å². The van der Waals surface area contributed by atoms with Crippen molar-refractivity contribution in [3.63, 3.8) is 0 Å². The van der Waals surface area contributed by atoms with Crippen molar-refractivity contribution in [2.45, 2.75) is 6.61 Å². The molecule has 5 nitrogen and oxygen atoms in total. The highest BCUT2D eigenvalue weighted by molar-refractivity contribution is 6.30. The van der Waals surface area contributed by atoms with Gasteiger partial charge in [0.15, 0.2) is 0 Å². The Morgan fingerprint density at radius 2 is 1.71 bits per heavy atom.